The van der Waals surface area contributed by atoms with E-state index in [1.54, 1.807) is 6.07 Å². The number of nitrogens with zero attached hydrogens (tertiary/aromatic N) is 1. The van der Waals surface area contributed by atoms with Gasteiger partial charge >= 0.3 is 7.12 Å². The Hall–Kier alpha value is -4.47. The molecule has 1 unspecified atom stereocenters. The molecule has 0 fully saturated rings. The Labute approximate surface area is 232 Å². The zero-order valence-corrected chi connectivity index (χ0v) is 21.9. The SMILES string of the molecule is O=C(NCC1=NOC(Cc2ccccc2)(C(=O)N[C@@H](Cc2ccccc2)B(O)O)C1)c1cccc2ccccc12. The summed E-state index contributed by atoms with van der Waals surface area (Å²) < 4.78 is 0. The van der Waals surface area contributed by atoms with Gasteiger partial charge in [0.15, 0.2) is 0 Å². The van der Waals surface area contributed by atoms with Gasteiger partial charge < -0.3 is 25.5 Å². The minimum absolute atomic E-state index is 0.0991. The molecule has 0 aromatic heterocycles. The summed E-state index contributed by atoms with van der Waals surface area (Å²) in [5.41, 5.74) is 1.34. The molecule has 0 spiro atoms. The van der Waals surface area contributed by atoms with Gasteiger partial charge in [0.2, 0.25) is 5.60 Å². The zero-order valence-electron chi connectivity index (χ0n) is 21.9. The topological polar surface area (TPSA) is 120 Å². The van der Waals surface area contributed by atoms with Crippen LogP contribution < -0.4 is 10.6 Å². The molecule has 0 saturated carbocycles. The summed E-state index contributed by atoms with van der Waals surface area (Å²) in [6.45, 7) is 0.0991. The van der Waals surface area contributed by atoms with Crippen LogP contribution in [0.1, 0.15) is 27.9 Å². The number of hydrogen-bond donors (Lipinski definition) is 4. The summed E-state index contributed by atoms with van der Waals surface area (Å²) in [5.74, 6) is -1.72. The highest BCUT2D eigenvalue weighted by Gasteiger charge is 2.48. The second kappa shape index (κ2) is 12.2. The number of fused-ring (bicyclic) bond motifs is 1. The summed E-state index contributed by atoms with van der Waals surface area (Å²) in [7, 11) is -1.78. The standard InChI is InChI=1S/C31H30BN3O5/c36-29(27-17-9-15-24-14-7-8-16-26(24)27)33-21-25-20-31(40-35-25,19-23-12-5-2-6-13-23)30(37)34-28(32(38)39)18-22-10-3-1-4-11-22/h1-17,28,38-39H,18-21H2,(H,33,36)(H,34,37)/t28-,31?/m0/s1. The number of benzene rings is 4. The quantitative estimate of drug-likeness (QED) is 0.233. The summed E-state index contributed by atoms with van der Waals surface area (Å²) >= 11 is 0. The first kappa shape index (κ1) is 27.1. The largest absolute Gasteiger partial charge is 0.475 e. The highest BCUT2D eigenvalue weighted by molar-refractivity contribution is 6.43. The average Bonchev–Trinajstić information content (AvgIpc) is 3.40. The lowest BCUT2D eigenvalue weighted by molar-refractivity contribution is -0.144. The van der Waals surface area contributed by atoms with Gasteiger partial charge in [-0.3, -0.25) is 9.59 Å². The Bertz CT molecular complexity index is 1510. The van der Waals surface area contributed by atoms with E-state index in [2.05, 4.69) is 15.8 Å². The van der Waals surface area contributed by atoms with E-state index in [0.29, 0.717) is 11.3 Å². The van der Waals surface area contributed by atoms with E-state index in [-0.39, 0.29) is 31.7 Å². The lowest BCUT2D eigenvalue weighted by Crippen LogP contribution is -2.56. The van der Waals surface area contributed by atoms with Gasteiger partial charge in [0, 0.05) is 18.4 Å². The van der Waals surface area contributed by atoms with E-state index in [1.807, 2.05) is 97.1 Å². The van der Waals surface area contributed by atoms with Gasteiger partial charge in [0.05, 0.1) is 18.2 Å². The van der Waals surface area contributed by atoms with Crippen LogP contribution in [0.25, 0.3) is 10.8 Å². The Balaban J connectivity index is 1.31. The van der Waals surface area contributed by atoms with Gasteiger partial charge in [-0.15, -0.1) is 0 Å². The van der Waals surface area contributed by atoms with Crippen LogP contribution in [0.5, 0.6) is 0 Å². The summed E-state index contributed by atoms with van der Waals surface area (Å²) in [4.78, 5) is 32.6. The zero-order chi connectivity index (χ0) is 28.0. The Morgan fingerprint density at radius 1 is 0.875 bits per heavy atom. The third-order valence-corrected chi connectivity index (χ3v) is 7.05. The number of nitrogens with one attached hydrogen (secondary N) is 2. The first-order valence-electron chi connectivity index (χ1n) is 13.2. The molecule has 9 heteroatoms. The minimum atomic E-state index is -1.78. The summed E-state index contributed by atoms with van der Waals surface area (Å²) in [6.07, 6.45) is 0.563. The van der Waals surface area contributed by atoms with Crippen molar-refractivity contribution < 1.29 is 24.5 Å². The van der Waals surface area contributed by atoms with E-state index >= 15 is 0 Å². The van der Waals surface area contributed by atoms with Crippen LogP contribution in [0, 0.1) is 0 Å². The molecule has 0 saturated heterocycles. The fourth-order valence-corrected chi connectivity index (χ4v) is 4.96. The van der Waals surface area contributed by atoms with Gasteiger partial charge in [-0.1, -0.05) is 102 Å². The molecule has 4 aromatic carbocycles. The highest BCUT2D eigenvalue weighted by Crippen LogP contribution is 2.29. The summed E-state index contributed by atoms with van der Waals surface area (Å²) in [5, 5.41) is 31.8. The van der Waals surface area contributed by atoms with Gasteiger partial charge in [-0.25, -0.2) is 0 Å². The van der Waals surface area contributed by atoms with E-state index in [1.165, 1.54) is 0 Å². The van der Waals surface area contributed by atoms with Crippen molar-refractivity contribution >= 4 is 35.4 Å². The molecule has 4 N–H and O–H groups in total. The van der Waals surface area contributed by atoms with E-state index in [9.17, 15) is 19.6 Å². The maximum atomic E-state index is 13.7. The average molecular weight is 535 g/mol. The molecule has 2 amide bonds. The molecular formula is C31H30BN3O5. The van der Waals surface area contributed by atoms with E-state index in [4.69, 9.17) is 4.84 Å². The normalized spacial score (nSPS) is 17.0. The lowest BCUT2D eigenvalue weighted by Gasteiger charge is -2.28. The van der Waals surface area contributed by atoms with Crippen LogP contribution in [0.15, 0.2) is 108 Å². The third-order valence-electron chi connectivity index (χ3n) is 7.05. The van der Waals surface area contributed by atoms with Crippen LogP contribution in [0.3, 0.4) is 0 Å². The van der Waals surface area contributed by atoms with Gasteiger partial charge in [-0.05, 0) is 34.4 Å². The predicted octanol–water partition coefficient (Wildman–Crippen LogP) is 3.07. The fourth-order valence-electron chi connectivity index (χ4n) is 4.96. The maximum absolute atomic E-state index is 13.7. The molecule has 8 nitrogen and oxygen atoms in total. The molecule has 40 heavy (non-hydrogen) atoms. The van der Waals surface area contributed by atoms with Crippen molar-refractivity contribution in [2.45, 2.75) is 30.8 Å². The van der Waals surface area contributed by atoms with Crippen LogP contribution in [0.4, 0.5) is 0 Å². The Morgan fingerprint density at radius 2 is 1.52 bits per heavy atom. The van der Waals surface area contributed by atoms with Crippen LogP contribution in [-0.2, 0) is 22.5 Å². The smallest absolute Gasteiger partial charge is 0.426 e. The summed E-state index contributed by atoms with van der Waals surface area (Å²) in [6, 6.07) is 31.9. The van der Waals surface area contributed by atoms with Crippen molar-refractivity contribution in [3.05, 3.63) is 120 Å². The van der Waals surface area contributed by atoms with Crippen molar-refractivity contribution in [1.82, 2.24) is 10.6 Å². The molecule has 0 aliphatic carbocycles. The molecule has 1 aliphatic rings. The number of oxime groups is 1. The molecule has 5 rings (SSSR count). The molecule has 0 radical (unpaired) electrons. The fraction of sp³-hybridized carbons (Fsp3) is 0.194. The van der Waals surface area contributed by atoms with Crippen LogP contribution >= 0.6 is 0 Å². The maximum Gasteiger partial charge on any atom is 0.475 e. The monoisotopic (exact) mass is 535 g/mol. The van der Waals surface area contributed by atoms with Crippen molar-refractivity contribution in [1.29, 1.82) is 0 Å². The van der Waals surface area contributed by atoms with Crippen LogP contribution in [-0.4, -0.2) is 52.8 Å². The number of rotatable bonds is 10. The molecule has 0 bridgehead atoms. The Morgan fingerprint density at radius 3 is 2.25 bits per heavy atom. The molecule has 202 valence electrons. The van der Waals surface area contributed by atoms with Crippen molar-refractivity contribution in [3.8, 4) is 0 Å². The van der Waals surface area contributed by atoms with E-state index in [0.717, 1.165) is 21.9 Å². The number of carbonyl (C=O) groups excluding carboxylic acids is 2. The molecule has 2 atom stereocenters. The van der Waals surface area contributed by atoms with Crippen molar-refractivity contribution in [2.75, 3.05) is 6.54 Å². The second-order valence-electron chi connectivity index (χ2n) is 9.97. The van der Waals surface area contributed by atoms with Gasteiger partial charge in [-0.2, -0.15) is 0 Å². The number of carbonyl (C=O) groups is 2. The number of amides is 2. The molecule has 4 aromatic rings. The first-order valence-corrected chi connectivity index (χ1v) is 13.2. The van der Waals surface area contributed by atoms with Crippen molar-refractivity contribution in [3.63, 3.8) is 0 Å². The van der Waals surface area contributed by atoms with Gasteiger partial charge in [0.1, 0.15) is 0 Å². The second-order valence-corrected chi connectivity index (χ2v) is 9.97. The Kier molecular flexibility index (Phi) is 8.24. The molecule has 1 aliphatic heterocycles. The third kappa shape index (κ3) is 6.22. The van der Waals surface area contributed by atoms with Gasteiger partial charge in [0.25, 0.3) is 11.8 Å². The highest BCUT2D eigenvalue weighted by atomic mass is 16.7. The number of hydrogen-bond acceptors (Lipinski definition) is 6. The van der Waals surface area contributed by atoms with E-state index < -0.39 is 24.6 Å². The van der Waals surface area contributed by atoms with Crippen LogP contribution in [0.2, 0.25) is 0 Å². The van der Waals surface area contributed by atoms with Crippen molar-refractivity contribution in [2.24, 2.45) is 5.16 Å². The molecular weight excluding hydrogens is 505 g/mol. The minimum Gasteiger partial charge on any atom is -0.426 e. The molecule has 1 heterocycles. The lowest BCUT2D eigenvalue weighted by atomic mass is 9.75. The predicted molar refractivity (Wildman–Crippen MR) is 155 cm³/mol. The first-order chi connectivity index (χ1) is 19.4.